The van der Waals surface area contributed by atoms with E-state index in [-0.39, 0.29) is 17.6 Å². The van der Waals surface area contributed by atoms with Gasteiger partial charge in [-0.25, -0.2) is 0 Å². The third-order valence-electron chi connectivity index (χ3n) is 1.87. The molecule has 0 aromatic heterocycles. The average molecular weight is 193 g/mol. The molecule has 15 heavy (non-hydrogen) atoms. The lowest BCUT2D eigenvalue weighted by atomic mass is 10.0. The first-order valence-electron chi connectivity index (χ1n) is 4.29. The maximum Gasteiger partial charge on any atom is 0.101 e. The summed E-state index contributed by atoms with van der Waals surface area (Å²) >= 11 is 0. The molecule has 0 bridgehead atoms. The number of nitriles is 3. The maximum absolute atomic E-state index is 8.94. The van der Waals surface area contributed by atoms with Crippen molar-refractivity contribution in [2.45, 2.75) is 6.42 Å². The van der Waals surface area contributed by atoms with Crippen LogP contribution in [0.25, 0.3) is 5.57 Å². The van der Waals surface area contributed by atoms with Crippen molar-refractivity contribution in [3.63, 3.8) is 0 Å². The molecule has 0 fully saturated rings. The number of benzene rings is 1. The van der Waals surface area contributed by atoms with Crippen LogP contribution >= 0.6 is 0 Å². The van der Waals surface area contributed by atoms with E-state index in [2.05, 4.69) is 0 Å². The zero-order valence-electron chi connectivity index (χ0n) is 7.94. The minimum Gasteiger partial charge on any atom is -0.198 e. The van der Waals surface area contributed by atoms with Gasteiger partial charge in [0.05, 0.1) is 29.7 Å². The predicted molar refractivity (Wildman–Crippen MR) is 54.8 cm³/mol. The molecule has 0 aliphatic carbocycles. The molecule has 0 saturated heterocycles. The Morgan fingerprint density at radius 3 is 2.13 bits per heavy atom. The van der Waals surface area contributed by atoms with Gasteiger partial charge >= 0.3 is 0 Å². The van der Waals surface area contributed by atoms with E-state index >= 15 is 0 Å². The monoisotopic (exact) mass is 193 g/mol. The highest BCUT2D eigenvalue weighted by atomic mass is 14.3. The molecule has 0 saturated carbocycles. The van der Waals surface area contributed by atoms with Crippen LogP contribution in [0.3, 0.4) is 0 Å². The first-order chi connectivity index (χ1) is 7.33. The van der Waals surface area contributed by atoms with Crippen LogP contribution in [0.1, 0.15) is 12.0 Å². The van der Waals surface area contributed by atoms with Crippen LogP contribution in [0.4, 0.5) is 0 Å². The molecule has 3 nitrogen and oxygen atoms in total. The molecule has 1 rings (SSSR count). The second kappa shape index (κ2) is 5.22. The van der Waals surface area contributed by atoms with E-state index in [1.54, 1.807) is 24.3 Å². The van der Waals surface area contributed by atoms with Crippen molar-refractivity contribution < 1.29 is 0 Å². The number of rotatable bonds is 2. The molecule has 0 spiro atoms. The summed E-state index contributed by atoms with van der Waals surface area (Å²) in [7, 11) is 0. The molecular weight excluding hydrogens is 186 g/mol. The van der Waals surface area contributed by atoms with Gasteiger partial charge in [0, 0.05) is 0 Å². The van der Waals surface area contributed by atoms with Gasteiger partial charge in [0.1, 0.15) is 6.07 Å². The van der Waals surface area contributed by atoms with Gasteiger partial charge < -0.3 is 0 Å². The Morgan fingerprint density at radius 1 is 1.00 bits per heavy atom. The summed E-state index contributed by atoms with van der Waals surface area (Å²) in [6, 6.07) is 14.6. The van der Waals surface area contributed by atoms with E-state index in [4.69, 9.17) is 15.8 Å². The van der Waals surface area contributed by atoms with E-state index in [0.717, 1.165) is 0 Å². The van der Waals surface area contributed by atoms with Gasteiger partial charge in [-0.15, -0.1) is 0 Å². The largest absolute Gasteiger partial charge is 0.198 e. The fraction of sp³-hybridized carbons (Fsp3) is 0.0833. The van der Waals surface area contributed by atoms with Gasteiger partial charge in [-0.3, -0.25) is 0 Å². The average Bonchev–Trinajstić information content (AvgIpc) is 2.30. The fourth-order valence-corrected chi connectivity index (χ4v) is 1.17. The summed E-state index contributed by atoms with van der Waals surface area (Å²) in [5, 5.41) is 26.3. The van der Waals surface area contributed by atoms with Gasteiger partial charge in [-0.05, 0) is 5.56 Å². The van der Waals surface area contributed by atoms with Crippen LogP contribution in [0.5, 0.6) is 0 Å². The van der Waals surface area contributed by atoms with Crippen molar-refractivity contribution in [3.8, 4) is 18.2 Å². The third-order valence-corrected chi connectivity index (χ3v) is 1.87. The third kappa shape index (κ3) is 2.44. The van der Waals surface area contributed by atoms with Crippen molar-refractivity contribution in [2.75, 3.05) is 0 Å². The lowest BCUT2D eigenvalue weighted by molar-refractivity contribution is 1.27. The molecule has 0 aliphatic heterocycles. The second-order valence-electron chi connectivity index (χ2n) is 2.78. The molecule has 1 aromatic carbocycles. The van der Waals surface area contributed by atoms with Gasteiger partial charge in [0.2, 0.25) is 0 Å². The first kappa shape index (κ1) is 10.5. The van der Waals surface area contributed by atoms with Crippen molar-refractivity contribution in [3.05, 3.63) is 41.5 Å². The Bertz CT molecular complexity index is 492. The maximum atomic E-state index is 8.94. The van der Waals surface area contributed by atoms with Gasteiger partial charge in [-0.1, -0.05) is 30.3 Å². The van der Waals surface area contributed by atoms with Gasteiger partial charge in [0.15, 0.2) is 0 Å². The van der Waals surface area contributed by atoms with Crippen LogP contribution in [-0.4, -0.2) is 0 Å². The summed E-state index contributed by atoms with van der Waals surface area (Å²) in [6.07, 6.45) is -0.0334. The van der Waals surface area contributed by atoms with E-state index in [0.29, 0.717) is 5.56 Å². The molecule has 70 valence electrons. The minimum atomic E-state index is -0.0334. The fourth-order valence-electron chi connectivity index (χ4n) is 1.17. The molecule has 0 N–H and O–H groups in total. The Hall–Kier alpha value is -2.57. The Kier molecular flexibility index (Phi) is 3.66. The summed E-state index contributed by atoms with van der Waals surface area (Å²) in [5.74, 6) is 0. The van der Waals surface area contributed by atoms with Crippen LogP contribution in [0.2, 0.25) is 0 Å². The predicted octanol–water partition coefficient (Wildman–Crippen LogP) is 2.40. The Labute approximate surface area is 88.1 Å². The highest BCUT2D eigenvalue weighted by Crippen LogP contribution is 2.19. The van der Waals surface area contributed by atoms with Crippen LogP contribution in [0.15, 0.2) is 35.9 Å². The SMILES string of the molecule is N#CCC(C#N)=C(C#N)c1ccccc1. The van der Waals surface area contributed by atoms with Crippen molar-refractivity contribution in [2.24, 2.45) is 0 Å². The highest BCUT2D eigenvalue weighted by molar-refractivity contribution is 5.81. The molecule has 3 heteroatoms. The topological polar surface area (TPSA) is 71.4 Å². The standard InChI is InChI=1S/C12H7N3/c13-7-6-11(8-14)12(9-15)10-4-2-1-3-5-10/h1-5H,6H2. The van der Waals surface area contributed by atoms with Gasteiger partial charge in [0.25, 0.3) is 0 Å². The minimum absolute atomic E-state index is 0.0334. The lowest BCUT2D eigenvalue weighted by Gasteiger charge is -1.99. The van der Waals surface area contributed by atoms with E-state index in [1.807, 2.05) is 24.3 Å². The van der Waals surface area contributed by atoms with Crippen LogP contribution < -0.4 is 0 Å². The molecule has 0 amide bonds. The molecule has 0 radical (unpaired) electrons. The quantitative estimate of drug-likeness (QED) is 0.677. The normalized spacial score (nSPS) is 10.5. The van der Waals surface area contributed by atoms with E-state index in [1.165, 1.54) is 0 Å². The number of hydrogen-bond donors (Lipinski definition) is 0. The number of hydrogen-bond acceptors (Lipinski definition) is 3. The van der Waals surface area contributed by atoms with Crippen molar-refractivity contribution in [1.82, 2.24) is 0 Å². The lowest BCUT2D eigenvalue weighted by Crippen LogP contribution is -1.87. The Balaban J connectivity index is 3.27. The molecular formula is C12H7N3. The number of allylic oxidation sites excluding steroid dienone is 2. The number of nitrogens with zero attached hydrogens (tertiary/aromatic N) is 3. The van der Waals surface area contributed by atoms with Crippen LogP contribution in [-0.2, 0) is 0 Å². The summed E-state index contributed by atoms with van der Waals surface area (Å²) in [4.78, 5) is 0. The molecule has 0 unspecified atom stereocenters. The second-order valence-corrected chi connectivity index (χ2v) is 2.78. The molecule has 0 aliphatic rings. The molecule has 1 aromatic rings. The molecule has 0 heterocycles. The van der Waals surface area contributed by atoms with E-state index < -0.39 is 0 Å². The summed E-state index contributed by atoms with van der Waals surface area (Å²) < 4.78 is 0. The zero-order valence-corrected chi connectivity index (χ0v) is 7.94. The van der Waals surface area contributed by atoms with Gasteiger partial charge in [-0.2, -0.15) is 15.8 Å². The van der Waals surface area contributed by atoms with Crippen molar-refractivity contribution in [1.29, 1.82) is 15.8 Å². The first-order valence-corrected chi connectivity index (χ1v) is 4.29. The molecule has 0 atom stereocenters. The van der Waals surface area contributed by atoms with E-state index in [9.17, 15) is 0 Å². The summed E-state index contributed by atoms with van der Waals surface area (Å²) in [5.41, 5.74) is 1.16. The Morgan fingerprint density at radius 2 is 1.67 bits per heavy atom. The van der Waals surface area contributed by atoms with Crippen molar-refractivity contribution >= 4 is 5.57 Å². The zero-order chi connectivity index (χ0) is 11.1. The highest BCUT2D eigenvalue weighted by Gasteiger charge is 2.07. The van der Waals surface area contributed by atoms with Crippen LogP contribution in [0, 0.1) is 34.0 Å². The summed E-state index contributed by atoms with van der Waals surface area (Å²) in [6.45, 7) is 0. The smallest absolute Gasteiger partial charge is 0.101 e.